The first-order valence-corrected chi connectivity index (χ1v) is 11.0. The molecule has 160 valence electrons. The molecule has 2 aromatic carbocycles. The van der Waals surface area contributed by atoms with Gasteiger partial charge in [0.1, 0.15) is 11.5 Å². The first-order chi connectivity index (χ1) is 15.1. The maximum absolute atomic E-state index is 13.4. The molecule has 2 amide bonds. The van der Waals surface area contributed by atoms with E-state index in [1.54, 1.807) is 44.6 Å². The Hall–Kier alpha value is -3.32. The van der Waals surface area contributed by atoms with Crippen LogP contribution in [0.3, 0.4) is 0 Å². The van der Waals surface area contributed by atoms with Crippen LogP contribution >= 0.6 is 11.3 Å². The number of thiophene rings is 1. The SMILES string of the molecule is COc1ccc([C@H]2CCCN2C(=O)c2cccc(NC(=O)c3cccs3)c2)c(OC)c1. The van der Waals surface area contributed by atoms with Crippen LogP contribution in [0.4, 0.5) is 5.69 Å². The zero-order valence-corrected chi connectivity index (χ0v) is 18.3. The second-order valence-electron chi connectivity index (χ2n) is 7.28. The van der Waals surface area contributed by atoms with Crippen LogP contribution in [0.1, 0.15) is 44.5 Å². The van der Waals surface area contributed by atoms with Crippen LogP contribution in [-0.4, -0.2) is 37.5 Å². The summed E-state index contributed by atoms with van der Waals surface area (Å²) in [6, 6.07) is 16.3. The quantitative estimate of drug-likeness (QED) is 0.591. The van der Waals surface area contributed by atoms with E-state index in [0.717, 1.165) is 18.4 Å². The number of benzene rings is 2. The van der Waals surface area contributed by atoms with Crippen molar-refractivity contribution >= 4 is 28.8 Å². The van der Waals surface area contributed by atoms with Gasteiger partial charge in [-0.15, -0.1) is 11.3 Å². The van der Waals surface area contributed by atoms with Crippen LogP contribution < -0.4 is 14.8 Å². The van der Waals surface area contributed by atoms with Crippen molar-refractivity contribution in [3.63, 3.8) is 0 Å². The number of carbonyl (C=O) groups excluding carboxylic acids is 2. The van der Waals surface area contributed by atoms with Gasteiger partial charge in [0.25, 0.3) is 11.8 Å². The molecule has 1 aliphatic heterocycles. The Labute approximate surface area is 185 Å². The fourth-order valence-electron chi connectivity index (χ4n) is 3.92. The lowest BCUT2D eigenvalue weighted by molar-refractivity contribution is 0.0734. The Morgan fingerprint density at radius 1 is 1.06 bits per heavy atom. The topological polar surface area (TPSA) is 67.9 Å². The minimum Gasteiger partial charge on any atom is -0.497 e. The average molecular weight is 437 g/mol. The molecule has 31 heavy (non-hydrogen) atoms. The Morgan fingerprint density at radius 3 is 2.68 bits per heavy atom. The summed E-state index contributed by atoms with van der Waals surface area (Å²) in [5.74, 6) is 1.18. The lowest BCUT2D eigenvalue weighted by Gasteiger charge is -2.27. The monoisotopic (exact) mass is 436 g/mol. The molecule has 0 unspecified atom stereocenters. The Morgan fingerprint density at radius 2 is 1.94 bits per heavy atom. The molecule has 2 heterocycles. The number of carbonyl (C=O) groups is 2. The van der Waals surface area contributed by atoms with E-state index in [1.807, 2.05) is 34.5 Å². The fourth-order valence-corrected chi connectivity index (χ4v) is 4.54. The van der Waals surface area contributed by atoms with Gasteiger partial charge in [-0.1, -0.05) is 12.1 Å². The molecule has 4 rings (SSSR count). The molecule has 3 aromatic rings. The number of nitrogens with zero attached hydrogens (tertiary/aromatic N) is 1. The number of methoxy groups -OCH3 is 2. The van der Waals surface area contributed by atoms with Crippen molar-refractivity contribution in [1.82, 2.24) is 4.90 Å². The molecule has 1 aliphatic rings. The van der Waals surface area contributed by atoms with E-state index in [2.05, 4.69) is 5.32 Å². The summed E-state index contributed by atoms with van der Waals surface area (Å²) in [5.41, 5.74) is 2.11. The minimum absolute atomic E-state index is 0.0624. The maximum Gasteiger partial charge on any atom is 0.265 e. The molecule has 0 aliphatic carbocycles. The number of ether oxygens (including phenoxy) is 2. The minimum atomic E-state index is -0.179. The molecule has 0 radical (unpaired) electrons. The number of amides is 2. The van der Waals surface area contributed by atoms with Crippen LogP contribution in [0.25, 0.3) is 0 Å². The van der Waals surface area contributed by atoms with Crippen molar-refractivity contribution in [2.45, 2.75) is 18.9 Å². The van der Waals surface area contributed by atoms with E-state index in [4.69, 9.17) is 9.47 Å². The molecular weight excluding hydrogens is 412 g/mol. The molecular formula is C24H24N2O4S. The normalized spacial score (nSPS) is 15.5. The number of rotatable bonds is 6. The van der Waals surface area contributed by atoms with Gasteiger partial charge in [0.2, 0.25) is 0 Å². The van der Waals surface area contributed by atoms with E-state index < -0.39 is 0 Å². The highest BCUT2D eigenvalue weighted by atomic mass is 32.1. The molecule has 1 atom stereocenters. The summed E-state index contributed by atoms with van der Waals surface area (Å²) >= 11 is 1.38. The zero-order valence-electron chi connectivity index (χ0n) is 17.5. The fraction of sp³-hybridized carbons (Fsp3) is 0.250. The van der Waals surface area contributed by atoms with Crippen LogP contribution in [0, 0.1) is 0 Å². The summed E-state index contributed by atoms with van der Waals surface area (Å²) in [5, 5.41) is 4.73. The van der Waals surface area contributed by atoms with E-state index in [-0.39, 0.29) is 17.9 Å². The van der Waals surface area contributed by atoms with Crippen molar-refractivity contribution in [1.29, 1.82) is 0 Å². The molecule has 1 N–H and O–H groups in total. The third kappa shape index (κ3) is 4.41. The van der Waals surface area contributed by atoms with Crippen molar-refractivity contribution in [3.8, 4) is 11.5 Å². The molecule has 7 heteroatoms. The lowest BCUT2D eigenvalue weighted by Crippen LogP contribution is -2.30. The van der Waals surface area contributed by atoms with Gasteiger partial charge in [-0.25, -0.2) is 0 Å². The Balaban J connectivity index is 1.56. The average Bonchev–Trinajstić information content (AvgIpc) is 3.50. The van der Waals surface area contributed by atoms with Crippen LogP contribution in [0.2, 0.25) is 0 Å². The van der Waals surface area contributed by atoms with Gasteiger partial charge < -0.3 is 19.7 Å². The number of likely N-dealkylation sites (tertiary alicyclic amines) is 1. The maximum atomic E-state index is 13.4. The Kier molecular flexibility index (Phi) is 6.23. The zero-order chi connectivity index (χ0) is 21.8. The number of anilines is 1. The predicted molar refractivity (Wildman–Crippen MR) is 121 cm³/mol. The first-order valence-electron chi connectivity index (χ1n) is 10.1. The highest BCUT2D eigenvalue weighted by molar-refractivity contribution is 7.12. The van der Waals surface area contributed by atoms with Gasteiger partial charge >= 0.3 is 0 Å². The molecule has 0 saturated carbocycles. The standard InChI is InChI=1S/C24H24N2O4S/c1-29-18-10-11-19(21(15-18)30-2)20-8-4-12-26(20)24(28)16-6-3-7-17(14-16)25-23(27)22-9-5-13-31-22/h3,5-7,9-11,13-15,20H,4,8,12H2,1-2H3,(H,25,27)/t20-/m1/s1. The van der Waals surface area contributed by atoms with Gasteiger partial charge in [0, 0.05) is 29.4 Å². The second-order valence-corrected chi connectivity index (χ2v) is 8.22. The molecule has 1 fully saturated rings. The van der Waals surface area contributed by atoms with Gasteiger partial charge in [-0.05, 0) is 54.6 Å². The first kappa shape index (κ1) is 20.9. The van der Waals surface area contributed by atoms with Gasteiger partial charge in [0.15, 0.2) is 0 Å². The number of hydrogen-bond donors (Lipinski definition) is 1. The summed E-state index contributed by atoms with van der Waals surface area (Å²) in [4.78, 5) is 28.2. The second kappa shape index (κ2) is 9.22. The smallest absolute Gasteiger partial charge is 0.265 e. The van der Waals surface area contributed by atoms with Crippen molar-refractivity contribution in [2.24, 2.45) is 0 Å². The largest absolute Gasteiger partial charge is 0.497 e. The van der Waals surface area contributed by atoms with Gasteiger partial charge in [0.05, 0.1) is 25.1 Å². The van der Waals surface area contributed by atoms with Gasteiger partial charge in [-0.2, -0.15) is 0 Å². The highest BCUT2D eigenvalue weighted by Gasteiger charge is 2.32. The van der Waals surface area contributed by atoms with Crippen molar-refractivity contribution in [3.05, 3.63) is 76.0 Å². The highest BCUT2D eigenvalue weighted by Crippen LogP contribution is 2.39. The van der Waals surface area contributed by atoms with Crippen molar-refractivity contribution < 1.29 is 19.1 Å². The van der Waals surface area contributed by atoms with E-state index in [0.29, 0.717) is 34.2 Å². The third-order valence-electron chi connectivity index (χ3n) is 5.43. The van der Waals surface area contributed by atoms with Crippen molar-refractivity contribution in [2.75, 3.05) is 26.1 Å². The number of hydrogen-bond acceptors (Lipinski definition) is 5. The van der Waals surface area contributed by atoms with E-state index in [9.17, 15) is 9.59 Å². The summed E-state index contributed by atoms with van der Waals surface area (Å²) in [7, 11) is 3.24. The summed E-state index contributed by atoms with van der Waals surface area (Å²) < 4.78 is 10.9. The summed E-state index contributed by atoms with van der Waals surface area (Å²) in [6.45, 7) is 0.671. The molecule has 1 aromatic heterocycles. The van der Waals surface area contributed by atoms with E-state index >= 15 is 0 Å². The lowest BCUT2D eigenvalue weighted by atomic mass is 10.0. The molecule has 0 bridgehead atoms. The molecule has 0 spiro atoms. The third-order valence-corrected chi connectivity index (χ3v) is 6.29. The van der Waals surface area contributed by atoms with Gasteiger partial charge in [-0.3, -0.25) is 9.59 Å². The molecule has 6 nitrogen and oxygen atoms in total. The van der Waals surface area contributed by atoms with Crippen LogP contribution in [0.5, 0.6) is 11.5 Å². The predicted octanol–water partition coefficient (Wildman–Crippen LogP) is 4.99. The Bertz CT molecular complexity index is 1080. The molecule has 1 saturated heterocycles. The van der Waals surface area contributed by atoms with Crippen LogP contribution in [0.15, 0.2) is 60.0 Å². The number of nitrogens with one attached hydrogen (secondary N) is 1. The summed E-state index contributed by atoms with van der Waals surface area (Å²) in [6.07, 6.45) is 1.78. The van der Waals surface area contributed by atoms with E-state index in [1.165, 1.54) is 11.3 Å². The van der Waals surface area contributed by atoms with Crippen LogP contribution in [-0.2, 0) is 0 Å².